The van der Waals surface area contributed by atoms with E-state index in [0.29, 0.717) is 13.2 Å². The fraction of sp³-hybridized carbons (Fsp3) is 0.267. The molecule has 4 heteroatoms. The molecule has 2 aromatic rings. The van der Waals surface area contributed by atoms with Crippen molar-refractivity contribution >= 4 is 0 Å². The molecule has 1 heterocycles. The van der Waals surface area contributed by atoms with Crippen LogP contribution in [0.3, 0.4) is 0 Å². The summed E-state index contributed by atoms with van der Waals surface area (Å²) in [6.45, 7) is 3.13. The Hall–Kier alpha value is -1.94. The number of benzene rings is 1. The molecule has 100 valence electrons. The van der Waals surface area contributed by atoms with Gasteiger partial charge in [0.1, 0.15) is 11.6 Å². The molecule has 0 fully saturated rings. The zero-order chi connectivity index (χ0) is 13.7. The minimum absolute atomic E-state index is 0.233. The van der Waals surface area contributed by atoms with Crippen LogP contribution in [0.2, 0.25) is 0 Å². The zero-order valence-electron chi connectivity index (χ0n) is 11.1. The van der Waals surface area contributed by atoms with Gasteiger partial charge < -0.3 is 10.1 Å². The third-order valence-electron chi connectivity index (χ3n) is 2.77. The molecule has 0 unspecified atom stereocenters. The van der Waals surface area contributed by atoms with E-state index in [-0.39, 0.29) is 5.82 Å². The summed E-state index contributed by atoms with van der Waals surface area (Å²) in [5, 5.41) is 3.04. The number of hydrogen-bond acceptors (Lipinski definition) is 3. The second-order valence-corrected chi connectivity index (χ2v) is 4.17. The monoisotopic (exact) mass is 260 g/mol. The Bertz CT molecular complexity index is 558. The first-order valence-corrected chi connectivity index (χ1v) is 6.26. The van der Waals surface area contributed by atoms with Gasteiger partial charge in [-0.15, -0.1) is 0 Å². The molecule has 0 spiro atoms. The van der Waals surface area contributed by atoms with Crippen LogP contribution in [0.4, 0.5) is 4.39 Å². The second kappa shape index (κ2) is 6.29. The van der Waals surface area contributed by atoms with Gasteiger partial charge in [0.15, 0.2) is 0 Å². The summed E-state index contributed by atoms with van der Waals surface area (Å²) in [6, 6.07) is 6.69. The lowest BCUT2D eigenvalue weighted by Crippen LogP contribution is -2.07. The Labute approximate surface area is 112 Å². The number of aromatic nitrogens is 1. The van der Waals surface area contributed by atoms with Crippen LogP contribution in [-0.2, 0) is 6.54 Å². The Kier molecular flexibility index (Phi) is 4.47. The molecule has 0 saturated carbocycles. The fourth-order valence-corrected chi connectivity index (χ4v) is 1.99. The highest BCUT2D eigenvalue weighted by molar-refractivity contribution is 5.67. The lowest BCUT2D eigenvalue weighted by atomic mass is 10.0. The summed E-state index contributed by atoms with van der Waals surface area (Å²) in [5.41, 5.74) is 2.79. The average molecular weight is 260 g/mol. The van der Waals surface area contributed by atoms with Crippen LogP contribution in [0.1, 0.15) is 12.5 Å². The van der Waals surface area contributed by atoms with Crippen LogP contribution in [0, 0.1) is 5.82 Å². The molecule has 0 saturated heterocycles. The molecule has 0 aliphatic rings. The lowest BCUT2D eigenvalue weighted by molar-refractivity contribution is 0.339. The van der Waals surface area contributed by atoms with E-state index in [1.165, 1.54) is 6.07 Å². The maximum Gasteiger partial charge on any atom is 0.138 e. The van der Waals surface area contributed by atoms with Crippen molar-refractivity contribution in [3.05, 3.63) is 48.0 Å². The van der Waals surface area contributed by atoms with E-state index in [4.69, 9.17) is 4.74 Å². The molecule has 1 N–H and O–H groups in total. The number of pyridine rings is 1. The highest BCUT2D eigenvalue weighted by Crippen LogP contribution is 2.26. The summed E-state index contributed by atoms with van der Waals surface area (Å²) in [4.78, 5) is 4.16. The Morgan fingerprint density at radius 2 is 2.11 bits per heavy atom. The third-order valence-corrected chi connectivity index (χ3v) is 2.77. The summed E-state index contributed by atoms with van der Waals surface area (Å²) >= 11 is 0. The maximum absolute atomic E-state index is 13.3. The SMILES string of the molecule is CCOc1cncc(-c2ccc(F)cc2CNC)c1. The number of nitrogens with zero attached hydrogens (tertiary/aromatic N) is 1. The normalized spacial score (nSPS) is 10.5. The summed E-state index contributed by atoms with van der Waals surface area (Å²) < 4.78 is 18.8. The van der Waals surface area contributed by atoms with Gasteiger partial charge in [0.2, 0.25) is 0 Å². The smallest absolute Gasteiger partial charge is 0.138 e. The van der Waals surface area contributed by atoms with Gasteiger partial charge in [-0.05, 0) is 43.3 Å². The average Bonchev–Trinajstić information content (AvgIpc) is 2.40. The lowest BCUT2D eigenvalue weighted by Gasteiger charge is -2.11. The first-order chi connectivity index (χ1) is 9.24. The van der Waals surface area contributed by atoms with Crippen LogP contribution in [0.5, 0.6) is 5.75 Å². The molecule has 0 radical (unpaired) electrons. The Morgan fingerprint density at radius 3 is 2.84 bits per heavy atom. The Balaban J connectivity index is 2.42. The zero-order valence-corrected chi connectivity index (χ0v) is 11.1. The van der Waals surface area contributed by atoms with Crippen LogP contribution in [0.25, 0.3) is 11.1 Å². The molecule has 0 amide bonds. The minimum Gasteiger partial charge on any atom is -0.492 e. The van der Waals surface area contributed by atoms with Crippen LogP contribution < -0.4 is 10.1 Å². The van der Waals surface area contributed by atoms with E-state index in [9.17, 15) is 4.39 Å². The third kappa shape index (κ3) is 3.29. The van der Waals surface area contributed by atoms with Crippen molar-refractivity contribution in [2.75, 3.05) is 13.7 Å². The van der Waals surface area contributed by atoms with Crippen molar-refractivity contribution in [2.24, 2.45) is 0 Å². The molecule has 1 aromatic heterocycles. The number of nitrogens with one attached hydrogen (secondary N) is 1. The molecular weight excluding hydrogens is 243 g/mol. The van der Waals surface area contributed by atoms with Gasteiger partial charge in [-0.1, -0.05) is 6.07 Å². The predicted molar refractivity (Wildman–Crippen MR) is 73.6 cm³/mol. The molecule has 1 aromatic carbocycles. The summed E-state index contributed by atoms with van der Waals surface area (Å²) in [6.07, 6.45) is 3.43. The van der Waals surface area contributed by atoms with Gasteiger partial charge in [0.25, 0.3) is 0 Å². The van der Waals surface area contributed by atoms with Gasteiger partial charge in [-0.3, -0.25) is 4.98 Å². The molecule has 0 aliphatic heterocycles. The van der Waals surface area contributed by atoms with Crippen molar-refractivity contribution in [3.8, 4) is 16.9 Å². The first kappa shape index (κ1) is 13.5. The molecule has 2 rings (SSSR count). The molecule has 0 atom stereocenters. The highest BCUT2D eigenvalue weighted by atomic mass is 19.1. The van der Waals surface area contributed by atoms with E-state index < -0.39 is 0 Å². The summed E-state index contributed by atoms with van der Waals surface area (Å²) in [5.74, 6) is 0.489. The van der Waals surface area contributed by atoms with E-state index in [2.05, 4.69) is 10.3 Å². The van der Waals surface area contributed by atoms with E-state index in [1.807, 2.05) is 20.0 Å². The quantitative estimate of drug-likeness (QED) is 0.897. The molecule has 19 heavy (non-hydrogen) atoms. The fourth-order valence-electron chi connectivity index (χ4n) is 1.99. The van der Waals surface area contributed by atoms with Crippen LogP contribution >= 0.6 is 0 Å². The highest BCUT2D eigenvalue weighted by Gasteiger charge is 2.07. The minimum atomic E-state index is -0.233. The van der Waals surface area contributed by atoms with Crippen molar-refractivity contribution in [1.82, 2.24) is 10.3 Å². The van der Waals surface area contributed by atoms with E-state index in [0.717, 1.165) is 22.4 Å². The number of ether oxygens (including phenoxy) is 1. The van der Waals surface area contributed by atoms with E-state index >= 15 is 0 Å². The van der Waals surface area contributed by atoms with Crippen LogP contribution in [0.15, 0.2) is 36.7 Å². The van der Waals surface area contributed by atoms with Crippen molar-refractivity contribution in [1.29, 1.82) is 0 Å². The van der Waals surface area contributed by atoms with Gasteiger partial charge in [0, 0.05) is 18.3 Å². The molecule has 0 bridgehead atoms. The van der Waals surface area contributed by atoms with E-state index in [1.54, 1.807) is 24.5 Å². The Morgan fingerprint density at radius 1 is 1.26 bits per heavy atom. The molecule has 3 nitrogen and oxygen atoms in total. The standard InChI is InChI=1S/C15H17FN2O/c1-3-19-14-7-12(9-18-10-14)15-5-4-13(16)6-11(15)8-17-2/h4-7,9-10,17H,3,8H2,1-2H3. The predicted octanol–water partition coefficient (Wildman–Crippen LogP) is 3.01. The van der Waals surface area contributed by atoms with Gasteiger partial charge in [-0.2, -0.15) is 0 Å². The van der Waals surface area contributed by atoms with Crippen LogP contribution in [-0.4, -0.2) is 18.6 Å². The van der Waals surface area contributed by atoms with Gasteiger partial charge in [-0.25, -0.2) is 4.39 Å². The topological polar surface area (TPSA) is 34.1 Å². The molecule has 0 aliphatic carbocycles. The largest absolute Gasteiger partial charge is 0.492 e. The van der Waals surface area contributed by atoms with Crippen molar-refractivity contribution < 1.29 is 9.13 Å². The number of rotatable bonds is 5. The number of hydrogen-bond donors (Lipinski definition) is 1. The number of halogens is 1. The van der Waals surface area contributed by atoms with Crippen molar-refractivity contribution in [3.63, 3.8) is 0 Å². The molecular formula is C15H17FN2O. The first-order valence-electron chi connectivity index (χ1n) is 6.26. The van der Waals surface area contributed by atoms with Gasteiger partial charge >= 0.3 is 0 Å². The van der Waals surface area contributed by atoms with Crippen molar-refractivity contribution in [2.45, 2.75) is 13.5 Å². The maximum atomic E-state index is 13.3. The van der Waals surface area contributed by atoms with Gasteiger partial charge in [0.05, 0.1) is 12.8 Å². The summed E-state index contributed by atoms with van der Waals surface area (Å²) in [7, 11) is 1.84. The second-order valence-electron chi connectivity index (χ2n) is 4.17.